The summed E-state index contributed by atoms with van der Waals surface area (Å²) in [5, 5.41) is 3.09. The molecular formula is C15H22BrClN2O. The first-order valence-electron chi connectivity index (χ1n) is 6.89. The summed E-state index contributed by atoms with van der Waals surface area (Å²) >= 11 is 3.48. The van der Waals surface area contributed by atoms with Crippen molar-refractivity contribution in [1.82, 2.24) is 10.2 Å². The molecule has 1 N–H and O–H groups in total. The summed E-state index contributed by atoms with van der Waals surface area (Å²) in [5.41, 5.74) is 1.20. The van der Waals surface area contributed by atoms with Crippen LogP contribution in [-0.4, -0.2) is 30.4 Å². The molecule has 3 nitrogen and oxygen atoms in total. The number of nitrogens with zero attached hydrogens (tertiary/aromatic N) is 1. The predicted octanol–water partition coefficient (Wildman–Crippen LogP) is 3.36. The Balaban J connectivity index is 0.00000200. The molecule has 1 aliphatic rings. The summed E-state index contributed by atoms with van der Waals surface area (Å²) in [5.74, 6) is 0.290. The van der Waals surface area contributed by atoms with Crippen LogP contribution in [0.5, 0.6) is 0 Å². The molecule has 0 aromatic heterocycles. The number of carbonyl (C=O) groups excluding carboxylic acids is 1. The largest absolute Gasteiger partial charge is 0.335 e. The number of nitrogens with one attached hydrogen (secondary N) is 1. The van der Waals surface area contributed by atoms with Crippen molar-refractivity contribution in [2.45, 2.75) is 38.3 Å². The second-order valence-electron chi connectivity index (χ2n) is 5.09. The van der Waals surface area contributed by atoms with E-state index in [9.17, 15) is 4.79 Å². The number of hydrogen-bond acceptors (Lipinski definition) is 2. The van der Waals surface area contributed by atoms with Crippen LogP contribution in [0.4, 0.5) is 0 Å². The van der Waals surface area contributed by atoms with Gasteiger partial charge in [0.1, 0.15) is 0 Å². The Hall–Kier alpha value is -0.580. The van der Waals surface area contributed by atoms with Crippen molar-refractivity contribution in [3.05, 3.63) is 34.3 Å². The summed E-state index contributed by atoms with van der Waals surface area (Å²) in [6.45, 7) is 1.64. The molecule has 2 rings (SSSR count). The fourth-order valence-corrected chi connectivity index (χ4v) is 2.65. The van der Waals surface area contributed by atoms with Gasteiger partial charge in [-0.3, -0.25) is 4.79 Å². The number of hydrogen-bond donors (Lipinski definition) is 1. The molecule has 5 heteroatoms. The minimum atomic E-state index is 0. The maximum atomic E-state index is 12.3. The van der Waals surface area contributed by atoms with E-state index in [0.29, 0.717) is 12.5 Å². The topological polar surface area (TPSA) is 32.3 Å². The fourth-order valence-electron chi connectivity index (χ4n) is 2.20. The summed E-state index contributed by atoms with van der Waals surface area (Å²) in [7, 11) is 1.92. The van der Waals surface area contributed by atoms with Gasteiger partial charge in [0, 0.05) is 23.5 Å². The van der Waals surface area contributed by atoms with Gasteiger partial charge in [0.05, 0.1) is 0 Å². The molecule has 1 fully saturated rings. The lowest BCUT2D eigenvalue weighted by Gasteiger charge is -2.22. The van der Waals surface area contributed by atoms with Gasteiger partial charge in [0.15, 0.2) is 0 Å². The molecule has 0 radical (unpaired) electrons. The van der Waals surface area contributed by atoms with Crippen molar-refractivity contribution in [3.63, 3.8) is 0 Å². The van der Waals surface area contributed by atoms with Gasteiger partial charge in [-0.25, -0.2) is 0 Å². The van der Waals surface area contributed by atoms with Crippen LogP contribution < -0.4 is 5.32 Å². The van der Waals surface area contributed by atoms with Crippen molar-refractivity contribution >= 4 is 34.2 Å². The lowest BCUT2D eigenvalue weighted by Crippen LogP contribution is -2.32. The van der Waals surface area contributed by atoms with E-state index in [2.05, 4.69) is 38.3 Å². The van der Waals surface area contributed by atoms with E-state index < -0.39 is 0 Å². The monoisotopic (exact) mass is 360 g/mol. The Morgan fingerprint density at radius 2 is 2.20 bits per heavy atom. The van der Waals surface area contributed by atoms with E-state index in [4.69, 9.17) is 0 Å². The zero-order valence-electron chi connectivity index (χ0n) is 11.8. The SMILES string of the molecule is CNCCCC(=O)N(Cc1cccc(Br)c1)C1CC1.Cl. The van der Waals surface area contributed by atoms with Gasteiger partial charge in [-0.15, -0.1) is 12.4 Å². The summed E-state index contributed by atoms with van der Waals surface area (Å²) in [4.78, 5) is 14.3. The predicted molar refractivity (Wildman–Crippen MR) is 88.1 cm³/mol. The molecular weight excluding hydrogens is 340 g/mol. The summed E-state index contributed by atoms with van der Waals surface area (Å²) in [6.07, 6.45) is 3.87. The number of amides is 1. The summed E-state index contributed by atoms with van der Waals surface area (Å²) in [6, 6.07) is 8.69. The normalized spacial score (nSPS) is 13.7. The Bertz CT molecular complexity index is 438. The molecule has 1 aromatic rings. The van der Waals surface area contributed by atoms with Crippen LogP contribution in [0.3, 0.4) is 0 Å². The van der Waals surface area contributed by atoms with E-state index >= 15 is 0 Å². The maximum absolute atomic E-state index is 12.3. The van der Waals surface area contributed by atoms with Crippen molar-refractivity contribution < 1.29 is 4.79 Å². The van der Waals surface area contributed by atoms with Gasteiger partial charge in [0.2, 0.25) is 5.91 Å². The van der Waals surface area contributed by atoms with E-state index in [1.807, 2.05) is 19.2 Å². The standard InChI is InChI=1S/C15H21BrN2O.ClH/c1-17-9-3-6-15(19)18(14-7-8-14)11-12-4-2-5-13(16)10-12;/h2,4-5,10,14,17H,3,6-9,11H2,1H3;1H. The zero-order valence-corrected chi connectivity index (χ0v) is 14.2. The molecule has 0 bridgehead atoms. The maximum Gasteiger partial charge on any atom is 0.223 e. The van der Waals surface area contributed by atoms with Gasteiger partial charge >= 0.3 is 0 Å². The van der Waals surface area contributed by atoms with Crippen LogP contribution in [-0.2, 0) is 11.3 Å². The average Bonchev–Trinajstić information content (AvgIpc) is 3.20. The highest BCUT2D eigenvalue weighted by atomic mass is 79.9. The summed E-state index contributed by atoms with van der Waals surface area (Å²) < 4.78 is 1.07. The zero-order chi connectivity index (χ0) is 13.7. The third kappa shape index (κ3) is 5.43. The second kappa shape index (κ2) is 8.65. The van der Waals surface area contributed by atoms with Gasteiger partial charge in [-0.2, -0.15) is 0 Å². The van der Waals surface area contributed by atoms with E-state index in [-0.39, 0.29) is 18.3 Å². The Morgan fingerprint density at radius 1 is 1.45 bits per heavy atom. The Labute approximate surface area is 135 Å². The first kappa shape index (κ1) is 17.5. The van der Waals surface area contributed by atoms with Gasteiger partial charge < -0.3 is 10.2 Å². The first-order chi connectivity index (χ1) is 9.20. The molecule has 0 heterocycles. The van der Waals surface area contributed by atoms with Crippen LogP contribution in [0.15, 0.2) is 28.7 Å². The van der Waals surface area contributed by atoms with Crippen LogP contribution in [0, 0.1) is 0 Å². The van der Waals surface area contributed by atoms with Crippen molar-refractivity contribution in [3.8, 4) is 0 Å². The lowest BCUT2D eigenvalue weighted by atomic mass is 10.2. The number of rotatable bonds is 7. The quantitative estimate of drug-likeness (QED) is 0.755. The highest BCUT2D eigenvalue weighted by Gasteiger charge is 2.32. The van der Waals surface area contributed by atoms with Crippen molar-refractivity contribution in [1.29, 1.82) is 0 Å². The van der Waals surface area contributed by atoms with E-state index in [1.165, 1.54) is 5.56 Å². The van der Waals surface area contributed by atoms with E-state index in [0.717, 1.165) is 36.8 Å². The molecule has 0 aliphatic heterocycles. The molecule has 1 aromatic carbocycles. The van der Waals surface area contributed by atoms with Crippen molar-refractivity contribution in [2.75, 3.05) is 13.6 Å². The Kier molecular flexibility index (Phi) is 7.56. The van der Waals surface area contributed by atoms with Crippen LogP contribution in [0.25, 0.3) is 0 Å². The highest BCUT2D eigenvalue weighted by Crippen LogP contribution is 2.29. The third-order valence-electron chi connectivity index (χ3n) is 3.37. The highest BCUT2D eigenvalue weighted by molar-refractivity contribution is 9.10. The van der Waals surface area contributed by atoms with E-state index in [1.54, 1.807) is 0 Å². The molecule has 20 heavy (non-hydrogen) atoms. The fraction of sp³-hybridized carbons (Fsp3) is 0.533. The number of benzene rings is 1. The molecule has 0 unspecified atom stereocenters. The van der Waals surface area contributed by atoms with Gasteiger partial charge in [-0.05, 0) is 50.6 Å². The number of carbonyl (C=O) groups is 1. The van der Waals surface area contributed by atoms with Crippen LogP contribution >= 0.6 is 28.3 Å². The van der Waals surface area contributed by atoms with Crippen LogP contribution in [0.1, 0.15) is 31.2 Å². The van der Waals surface area contributed by atoms with Gasteiger partial charge in [-0.1, -0.05) is 28.1 Å². The van der Waals surface area contributed by atoms with Gasteiger partial charge in [0.25, 0.3) is 0 Å². The molecule has 0 atom stereocenters. The minimum absolute atomic E-state index is 0. The molecule has 112 valence electrons. The molecule has 1 aliphatic carbocycles. The lowest BCUT2D eigenvalue weighted by molar-refractivity contribution is -0.132. The molecule has 0 spiro atoms. The second-order valence-corrected chi connectivity index (χ2v) is 6.01. The average molecular weight is 362 g/mol. The minimum Gasteiger partial charge on any atom is -0.335 e. The smallest absolute Gasteiger partial charge is 0.223 e. The molecule has 1 saturated carbocycles. The molecule has 1 amide bonds. The Morgan fingerprint density at radius 3 is 2.80 bits per heavy atom. The first-order valence-corrected chi connectivity index (χ1v) is 7.68. The van der Waals surface area contributed by atoms with Crippen molar-refractivity contribution in [2.24, 2.45) is 0 Å². The van der Waals surface area contributed by atoms with Crippen LogP contribution in [0.2, 0.25) is 0 Å². The molecule has 0 saturated heterocycles. The third-order valence-corrected chi connectivity index (χ3v) is 3.86. The number of halogens is 2.